The van der Waals surface area contributed by atoms with Crippen molar-refractivity contribution in [2.45, 2.75) is 6.92 Å². The molecule has 2 aromatic heterocycles. The second-order valence-electron chi connectivity index (χ2n) is 5.94. The number of aryl methyl sites for hydroxylation is 1. The van der Waals surface area contributed by atoms with E-state index in [2.05, 4.69) is 15.5 Å². The number of para-hydroxylation sites is 2. The van der Waals surface area contributed by atoms with Crippen LogP contribution in [0, 0.1) is 6.92 Å². The van der Waals surface area contributed by atoms with E-state index >= 15 is 0 Å². The van der Waals surface area contributed by atoms with Gasteiger partial charge in [0.25, 0.3) is 5.91 Å². The molecule has 0 aliphatic carbocycles. The molecule has 2 heterocycles. The first-order chi connectivity index (χ1) is 12.7. The molecule has 0 aliphatic heterocycles. The first kappa shape index (κ1) is 16.3. The Morgan fingerprint density at radius 2 is 1.85 bits per heavy atom. The minimum absolute atomic E-state index is 0.0887. The lowest BCUT2D eigenvalue weighted by molar-refractivity contribution is 0.103. The van der Waals surface area contributed by atoms with E-state index in [0.717, 1.165) is 32.7 Å². The number of H-pyrrole nitrogens is 1. The highest BCUT2D eigenvalue weighted by Gasteiger charge is 2.10. The lowest BCUT2D eigenvalue weighted by Gasteiger charge is -2.07. The van der Waals surface area contributed by atoms with E-state index in [1.807, 2.05) is 79.7 Å². The average Bonchev–Trinajstić information content (AvgIpc) is 3.27. The second-order valence-corrected chi connectivity index (χ2v) is 7.23. The Kier molecular flexibility index (Phi) is 4.37. The molecule has 5 heteroatoms. The molecule has 0 fully saturated rings. The summed E-state index contributed by atoms with van der Waals surface area (Å²) in [4.78, 5) is 14.3. The Bertz CT molecular complexity index is 1110. The largest absolute Gasteiger partial charge is 0.321 e. The van der Waals surface area contributed by atoms with Crippen molar-refractivity contribution in [3.8, 4) is 0 Å². The molecule has 4 aromatic rings. The number of hydrogen-bond acceptors (Lipinski definition) is 3. The fourth-order valence-electron chi connectivity index (χ4n) is 2.78. The summed E-state index contributed by atoms with van der Waals surface area (Å²) in [6, 6.07) is 19.5. The van der Waals surface area contributed by atoms with E-state index in [0.29, 0.717) is 4.88 Å². The molecule has 4 rings (SSSR count). The average molecular weight is 359 g/mol. The molecular weight excluding hydrogens is 342 g/mol. The van der Waals surface area contributed by atoms with Crippen molar-refractivity contribution in [1.29, 1.82) is 0 Å². The van der Waals surface area contributed by atoms with E-state index in [1.54, 1.807) is 0 Å². The molecule has 0 aliphatic rings. The van der Waals surface area contributed by atoms with Crippen molar-refractivity contribution >= 4 is 46.0 Å². The van der Waals surface area contributed by atoms with Crippen LogP contribution in [0.3, 0.4) is 0 Å². The predicted molar refractivity (Wildman–Crippen MR) is 108 cm³/mol. The van der Waals surface area contributed by atoms with E-state index in [-0.39, 0.29) is 5.91 Å². The number of anilines is 1. The Labute approximate surface area is 155 Å². The molecule has 4 nitrogen and oxygen atoms in total. The van der Waals surface area contributed by atoms with Crippen LogP contribution in [0.25, 0.3) is 23.1 Å². The Morgan fingerprint density at radius 3 is 2.69 bits per heavy atom. The maximum absolute atomic E-state index is 12.4. The first-order valence-corrected chi connectivity index (χ1v) is 9.10. The van der Waals surface area contributed by atoms with Gasteiger partial charge in [-0.1, -0.05) is 42.5 Å². The van der Waals surface area contributed by atoms with Gasteiger partial charge in [-0.05, 0) is 42.8 Å². The van der Waals surface area contributed by atoms with Gasteiger partial charge in [-0.15, -0.1) is 11.3 Å². The quantitative estimate of drug-likeness (QED) is 0.516. The standard InChI is InChI=1S/C21H17N3OS/c1-14-10-13-20(26-14)21(25)22-17-8-4-2-6-15(17)11-12-19-16-7-3-5-9-18(16)23-24-19/h2-13H,1H3,(H,22,25)(H,23,24). The van der Waals surface area contributed by atoms with Crippen molar-refractivity contribution in [2.75, 3.05) is 5.32 Å². The molecule has 0 bridgehead atoms. The predicted octanol–water partition coefficient (Wildman–Crippen LogP) is 5.36. The highest BCUT2D eigenvalue weighted by molar-refractivity contribution is 7.14. The van der Waals surface area contributed by atoms with Crippen LogP contribution in [0.2, 0.25) is 0 Å². The lowest BCUT2D eigenvalue weighted by atomic mass is 10.1. The van der Waals surface area contributed by atoms with Crippen LogP contribution < -0.4 is 5.32 Å². The minimum Gasteiger partial charge on any atom is -0.321 e. The van der Waals surface area contributed by atoms with Crippen LogP contribution in [0.4, 0.5) is 5.69 Å². The number of hydrogen-bond donors (Lipinski definition) is 2. The summed E-state index contributed by atoms with van der Waals surface area (Å²) in [6.07, 6.45) is 3.93. The van der Waals surface area contributed by atoms with Gasteiger partial charge in [0.2, 0.25) is 0 Å². The topological polar surface area (TPSA) is 57.8 Å². The van der Waals surface area contributed by atoms with Gasteiger partial charge in [0.1, 0.15) is 0 Å². The minimum atomic E-state index is -0.0887. The summed E-state index contributed by atoms with van der Waals surface area (Å²) in [5, 5.41) is 11.4. The van der Waals surface area contributed by atoms with Crippen LogP contribution in [0.5, 0.6) is 0 Å². The maximum Gasteiger partial charge on any atom is 0.265 e. The number of thiophene rings is 1. The Morgan fingerprint density at radius 1 is 1.04 bits per heavy atom. The summed E-state index contributed by atoms with van der Waals surface area (Å²) in [7, 11) is 0. The Balaban J connectivity index is 1.60. The highest BCUT2D eigenvalue weighted by Crippen LogP contribution is 2.23. The van der Waals surface area contributed by atoms with Crippen molar-refractivity contribution in [2.24, 2.45) is 0 Å². The van der Waals surface area contributed by atoms with Gasteiger partial charge in [0.15, 0.2) is 0 Å². The summed E-state index contributed by atoms with van der Waals surface area (Å²) < 4.78 is 0. The van der Waals surface area contributed by atoms with Crippen LogP contribution in [0.15, 0.2) is 60.7 Å². The molecule has 1 amide bonds. The van der Waals surface area contributed by atoms with Crippen molar-refractivity contribution in [1.82, 2.24) is 10.2 Å². The van der Waals surface area contributed by atoms with Gasteiger partial charge in [0, 0.05) is 16.0 Å². The Hall–Kier alpha value is -3.18. The number of amides is 1. The number of rotatable bonds is 4. The molecule has 0 atom stereocenters. The zero-order chi connectivity index (χ0) is 17.9. The summed E-state index contributed by atoms with van der Waals surface area (Å²) in [6.45, 7) is 1.99. The third-order valence-corrected chi connectivity index (χ3v) is 5.09. The monoisotopic (exact) mass is 359 g/mol. The molecule has 0 radical (unpaired) electrons. The van der Waals surface area contributed by atoms with E-state index in [9.17, 15) is 4.79 Å². The van der Waals surface area contributed by atoms with Gasteiger partial charge in [0.05, 0.1) is 16.1 Å². The molecule has 2 aromatic carbocycles. The normalized spacial score (nSPS) is 11.3. The van der Waals surface area contributed by atoms with E-state index in [1.165, 1.54) is 11.3 Å². The number of fused-ring (bicyclic) bond motifs is 1. The number of aromatic nitrogens is 2. The second kappa shape index (κ2) is 6.98. The fourth-order valence-corrected chi connectivity index (χ4v) is 3.54. The van der Waals surface area contributed by atoms with Gasteiger partial charge < -0.3 is 5.32 Å². The molecule has 0 saturated carbocycles. The van der Waals surface area contributed by atoms with E-state index < -0.39 is 0 Å². The van der Waals surface area contributed by atoms with Gasteiger partial charge in [-0.25, -0.2) is 0 Å². The van der Waals surface area contributed by atoms with Crippen molar-refractivity contribution in [3.63, 3.8) is 0 Å². The third kappa shape index (κ3) is 3.30. The summed E-state index contributed by atoms with van der Waals surface area (Å²) in [5.41, 5.74) is 3.58. The van der Waals surface area contributed by atoms with Crippen LogP contribution in [-0.4, -0.2) is 16.1 Å². The number of nitrogens with zero attached hydrogens (tertiary/aromatic N) is 1. The number of benzene rings is 2. The van der Waals surface area contributed by atoms with Crippen molar-refractivity contribution in [3.05, 3.63) is 81.7 Å². The SMILES string of the molecule is Cc1ccc(C(=O)Nc2ccccc2C=Cc2n[nH]c3ccccc23)s1. The smallest absolute Gasteiger partial charge is 0.265 e. The molecule has 26 heavy (non-hydrogen) atoms. The molecule has 0 spiro atoms. The molecule has 0 unspecified atom stereocenters. The van der Waals surface area contributed by atoms with Crippen LogP contribution >= 0.6 is 11.3 Å². The number of carbonyl (C=O) groups excluding carboxylic acids is 1. The van der Waals surface area contributed by atoms with Crippen molar-refractivity contribution < 1.29 is 4.79 Å². The first-order valence-electron chi connectivity index (χ1n) is 8.29. The van der Waals surface area contributed by atoms with E-state index in [4.69, 9.17) is 0 Å². The molecule has 128 valence electrons. The number of aromatic amines is 1. The zero-order valence-electron chi connectivity index (χ0n) is 14.2. The van der Waals surface area contributed by atoms with Gasteiger partial charge in [-0.2, -0.15) is 5.10 Å². The number of carbonyl (C=O) groups is 1. The maximum atomic E-state index is 12.4. The van der Waals surface area contributed by atoms with Crippen LogP contribution in [0.1, 0.15) is 25.8 Å². The summed E-state index contributed by atoms with van der Waals surface area (Å²) >= 11 is 1.49. The van der Waals surface area contributed by atoms with Crippen LogP contribution in [-0.2, 0) is 0 Å². The molecule has 0 saturated heterocycles. The lowest BCUT2D eigenvalue weighted by Crippen LogP contribution is -2.10. The number of nitrogens with one attached hydrogen (secondary N) is 2. The molecular formula is C21H17N3OS. The van der Waals surface area contributed by atoms with Gasteiger partial charge >= 0.3 is 0 Å². The third-order valence-electron chi connectivity index (χ3n) is 4.09. The summed E-state index contributed by atoms with van der Waals surface area (Å²) in [5.74, 6) is -0.0887. The van der Waals surface area contributed by atoms with Gasteiger partial charge in [-0.3, -0.25) is 9.89 Å². The molecule has 2 N–H and O–H groups in total. The fraction of sp³-hybridized carbons (Fsp3) is 0.0476. The highest BCUT2D eigenvalue weighted by atomic mass is 32.1. The zero-order valence-corrected chi connectivity index (χ0v) is 15.0.